The van der Waals surface area contributed by atoms with E-state index in [1.807, 2.05) is 6.92 Å². The van der Waals surface area contributed by atoms with Gasteiger partial charge in [0.25, 0.3) is 0 Å². The Morgan fingerprint density at radius 2 is 1.95 bits per heavy atom. The number of rotatable bonds is 6. The molecular weight excluding hydrogens is 268 g/mol. The molecule has 5 nitrogen and oxygen atoms in total. The van der Waals surface area contributed by atoms with Gasteiger partial charge in [-0.05, 0) is 38.5 Å². The molecule has 2 rings (SSSR count). The molecule has 2 aliphatic rings. The van der Waals surface area contributed by atoms with Gasteiger partial charge in [0.1, 0.15) is 0 Å². The molecule has 120 valence electrons. The third kappa shape index (κ3) is 3.69. The normalized spacial score (nSPS) is 29.0. The van der Waals surface area contributed by atoms with Crippen molar-refractivity contribution in [3.8, 4) is 0 Å². The Kier molecular flexibility index (Phi) is 5.12. The molecule has 21 heavy (non-hydrogen) atoms. The smallest absolute Gasteiger partial charge is 0.318 e. The summed E-state index contributed by atoms with van der Waals surface area (Å²) in [6.07, 6.45) is 5.67. The first kappa shape index (κ1) is 16.1. The highest BCUT2D eigenvalue weighted by Crippen LogP contribution is 2.41. The molecule has 5 heteroatoms. The van der Waals surface area contributed by atoms with Crippen molar-refractivity contribution >= 4 is 12.0 Å². The molecule has 0 spiro atoms. The van der Waals surface area contributed by atoms with Crippen LogP contribution in [0.25, 0.3) is 0 Å². The molecule has 0 aromatic heterocycles. The predicted molar refractivity (Wildman–Crippen MR) is 81.1 cm³/mol. The van der Waals surface area contributed by atoms with Crippen molar-refractivity contribution < 1.29 is 14.7 Å². The molecule has 2 N–H and O–H groups in total. The van der Waals surface area contributed by atoms with Crippen LogP contribution < -0.4 is 5.32 Å². The Morgan fingerprint density at radius 3 is 2.52 bits per heavy atom. The van der Waals surface area contributed by atoms with Gasteiger partial charge in [0.05, 0.1) is 5.92 Å². The summed E-state index contributed by atoms with van der Waals surface area (Å²) >= 11 is 0. The standard InChI is InChI=1S/C16H28N2O3/c1-10(2)5-4-6-11(3)17-16(21)18-12-7-8-14(18)13(9-12)15(19)20/h10-14H,4-9H2,1-3H3,(H,17,21)(H,19,20). The number of hydrogen-bond donors (Lipinski definition) is 2. The summed E-state index contributed by atoms with van der Waals surface area (Å²) in [5.41, 5.74) is 0. The molecule has 2 saturated heterocycles. The summed E-state index contributed by atoms with van der Waals surface area (Å²) in [7, 11) is 0. The van der Waals surface area contributed by atoms with E-state index in [1.54, 1.807) is 4.90 Å². The quantitative estimate of drug-likeness (QED) is 0.792. The molecule has 2 aliphatic heterocycles. The highest BCUT2D eigenvalue weighted by Gasteiger charge is 2.51. The van der Waals surface area contributed by atoms with E-state index < -0.39 is 5.97 Å². The number of carboxylic acids is 1. The molecule has 2 bridgehead atoms. The molecule has 4 unspecified atom stereocenters. The lowest BCUT2D eigenvalue weighted by Gasteiger charge is -2.25. The minimum absolute atomic E-state index is 0.0664. The van der Waals surface area contributed by atoms with Gasteiger partial charge in [0.2, 0.25) is 0 Å². The Labute approximate surface area is 127 Å². The van der Waals surface area contributed by atoms with Crippen molar-refractivity contribution in [3.63, 3.8) is 0 Å². The number of carboxylic acid groups (broad SMARTS) is 1. The lowest BCUT2D eigenvalue weighted by atomic mass is 9.89. The molecule has 0 aromatic carbocycles. The lowest BCUT2D eigenvalue weighted by molar-refractivity contribution is -0.142. The third-order valence-electron chi connectivity index (χ3n) is 4.88. The minimum Gasteiger partial charge on any atom is -0.481 e. The van der Waals surface area contributed by atoms with Crippen molar-refractivity contribution in [1.82, 2.24) is 10.2 Å². The average Bonchev–Trinajstić information content (AvgIpc) is 2.95. The second-order valence-electron chi connectivity index (χ2n) is 7.06. The fraction of sp³-hybridized carbons (Fsp3) is 0.875. The molecule has 0 aliphatic carbocycles. The van der Waals surface area contributed by atoms with E-state index in [1.165, 1.54) is 6.42 Å². The predicted octanol–water partition coefficient (Wildman–Crippen LogP) is 2.85. The maximum absolute atomic E-state index is 12.4. The number of urea groups is 1. The van der Waals surface area contributed by atoms with Crippen molar-refractivity contribution in [2.45, 2.75) is 77.4 Å². The highest BCUT2D eigenvalue weighted by atomic mass is 16.4. The van der Waals surface area contributed by atoms with E-state index >= 15 is 0 Å². The van der Waals surface area contributed by atoms with Crippen LogP contribution in [0.3, 0.4) is 0 Å². The van der Waals surface area contributed by atoms with Crippen LogP contribution in [-0.4, -0.2) is 40.1 Å². The summed E-state index contributed by atoms with van der Waals surface area (Å²) in [4.78, 5) is 25.4. The van der Waals surface area contributed by atoms with Gasteiger partial charge in [-0.25, -0.2) is 4.79 Å². The van der Waals surface area contributed by atoms with Gasteiger partial charge in [-0.3, -0.25) is 4.79 Å². The minimum atomic E-state index is -0.759. The van der Waals surface area contributed by atoms with Gasteiger partial charge in [0.15, 0.2) is 0 Å². The molecule has 2 fully saturated rings. The van der Waals surface area contributed by atoms with Crippen LogP contribution in [0.5, 0.6) is 0 Å². The molecular formula is C16H28N2O3. The van der Waals surface area contributed by atoms with Crippen LogP contribution in [0, 0.1) is 11.8 Å². The number of aliphatic carboxylic acids is 1. The fourth-order valence-electron chi connectivity index (χ4n) is 3.76. The number of fused-ring (bicyclic) bond motifs is 2. The van der Waals surface area contributed by atoms with Crippen LogP contribution in [0.4, 0.5) is 4.79 Å². The maximum Gasteiger partial charge on any atom is 0.318 e. The van der Waals surface area contributed by atoms with E-state index in [2.05, 4.69) is 19.2 Å². The zero-order chi connectivity index (χ0) is 15.6. The molecule has 0 saturated carbocycles. The monoisotopic (exact) mass is 296 g/mol. The second-order valence-corrected chi connectivity index (χ2v) is 7.06. The molecule has 4 atom stereocenters. The number of nitrogens with zero attached hydrogens (tertiary/aromatic N) is 1. The first-order chi connectivity index (χ1) is 9.90. The van der Waals surface area contributed by atoms with E-state index in [4.69, 9.17) is 0 Å². The summed E-state index contributed by atoms with van der Waals surface area (Å²) in [5.74, 6) is -0.436. The first-order valence-electron chi connectivity index (χ1n) is 8.21. The van der Waals surface area contributed by atoms with Gasteiger partial charge in [-0.2, -0.15) is 0 Å². The topological polar surface area (TPSA) is 69.6 Å². The number of nitrogens with one attached hydrogen (secondary N) is 1. The largest absolute Gasteiger partial charge is 0.481 e. The van der Waals surface area contributed by atoms with E-state index in [0.29, 0.717) is 12.3 Å². The molecule has 0 radical (unpaired) electrons. The lowest BCUT2D eigenvalue weighted by Crippen LogP contribution is -2.47. The van der Waals surface area contributed by atoms with Crippen LogP contribution in [0.15, 0.2) is 0 Å². The zero-order valence-corrected chi connectivity index (χ0v) is 13.3. The van der Waals surface area contributed by atoms with E-state index in [9.17, 15) is 14.7 Å². The highest BCUT2D eigenvalue weighted by molar-refractivity contribution is 5.79. The maximum atomic E-state index is 12.4. The molecule has 2 heterocycles. The van der Waals surface area contributed by atoms with Crippen molar-refractivity contribution in [3.05, 3.63) is 0 Å². The van der Waals surface area contributed by atoms with Gasteiger partial charge in [-0.1, -0.05) is 26.7 Å². The van der Waals surface area contributed by atoms with E-state index in [0.717, 1.165) is 25.7 Å². The summed E-state index contributed by atoms with van der Waals surface area (Å²) in [6, 6.07) is 0.108. The number of carbonyl (C=O) groups is 2. The summed E-state index contributed by atoms with van der Waals surface area (Å²) < 4.78 is 0. The number of carbonyl (C=O) groups excluding carboxylic acids is 1. The second kappa shape index (κ2) is 6.67. The Morgan fingerprint density at radius 1 is 1.24 bits per heavy atom. The number of hydrogen-bond acceptors (Lipinski definition) is 2. The third-order valence-corrected chi connectivity index (χ3v) is 4.88. The van der Waals surface area contributed by atoms with Crippen molar-refractivity contribution in [1.29, 1.82) is 0 Å². The SMILES string of the molecule is CC(C)CCCC(C)NC(=O)N1C2CCC1C(C(=O)O)C2. The fourth-order valence-corrected chi connectivity index (χ4v) is 3.76. The Balaban J connectivity index is 1.82. The average molecular weight is 296 g/mol. The molecule has 0 aromatic rings. The number of amides is 2. The summed E-state index contributed by atoms with van der Waals surface area (Å²) in [6.45, 7) is 6.44. The van der Waals surface area contributed by atoms with Crippen molar-refractivity contribution in [2.75, 3.05) is 0 Å². The van der Waals surface area contributed by atoms with Crippen LogP contribution in [0.1, 0.15) is 59.3 Å². The zero-order valence-electron chi connectivity index (χ0n) is 13.3. The van der Waals surface area contributed by atoms with E-state index in [-0.39, 0.29) is 30.1 Å². The first-order valence-corrected chi connectivity index (χ1v) is 8.21. The summed E-state index contributed by atoms with van der Waals surface area (Å²) in [5, 5.41) is 12.3. The van der Waals surface area contributed by atoms with Gasteiger partial charge in [0, 0.05) is 18.1 Å². The Bertz CT molecular complexity index is 397. The van der Waals surface area contributed by atoms with Gasteiger partial charge >= 0.3 is 12.0 Å². The van der Waals surface area contributed by atoms with Gasteiger partial charge < -0.3 is 15.3 Å². The van der Waals surface area contributed by atoms with Crippen LogP contribution in [0.2, 0.25) is 0 Å². The van der Waals surface area contributed by atoms with Crippen LogP contribution in [-0.2, 0) is 4.79 Å². The van der Waals surface area contributed by atoms with Gasteiger partial charge in [-0.15, -0.1) is 0 Å². The molecule has 2 amide bonds. The van der Waals surface area contributed by atoms with Crippen LogP contribution >= 0.6 is 0 Å². The van der Waals surface area contributed by atoms with Crippen molar-refractivity contribution in [2.24, 2.45) is 11.8 Å². The Hall–Kier alpha value is -1.26.